The van der Waals surface area contributed by atoms with Crippen LogP contribution in [0, 0.1) is 6.92 Å². The number of benzene rings is 4. The zero-order chi connectivity index (χ0) is 28.3. The summed E-state index contributed by atoms with van der Waals surface area (Å²) in [6.45, 7) is 1.57. The number of rotatable bonds is 12. The second-order valence-electron chi connectivity index (χ2n) is 9.22. The molecule has 0 saturated carbocycles. The zero-order valence-electron chi connectivity index (χ0n) is 22.2. The predicted octanol–water partition coefficient (Wildman–Crippen LogP) is 6.70. The molecule has 0 aliphatic heterocycles. The molecule has 1 unspecified atom stereocenters. The third-order valence-electron chi connectivity index (χ3n) is 6.08. The molecule has 0 aliphatic rings. The highest BCUT2D eigenvalue weighted by molar-refractivity contribution is 5.78. The smallest absolute Gasteiger partial charge is 0.164 e. The van der Waals surface area contributed by atoms with E-state index < -0.39 is 6.10 Å². The summed E-state index contributed by atoms with van der Waals surface area (Å²) >= 11 is 0. The Labute approximate surface area is 234 Å². The van der Waals surface area contributed by atoms with Crippen molar-refractivity contribution in [1.82, 2.24) is 0 Å². The Hall–Kier alpha value is -4.72. The largest absolute Gasteiger partial charge is 0.512 e. The molecule has 0 aliphatic carbocycles. The van der Waals surface area contributed by atoms with E-state index in [1.807, 2.05) is 48.5 Å². The second-order valence-corrected chi connectivity index (χ2v) is 9.22. The lowest BCUT2D eigenvalue weighted by molar-refractivity contribution is 0.0536. The molecule has 4 N–H and O–H groups in total. The first-order valence-electron chi connectivity index (χ1n) is 12.9. The highest BCUT2D eigenvalue weighted by Crippen LogP contribution is 2.36. The van der Waals surface area contributed by atoms with Crippen LogP contribution in [0.1, 0.15) is 16.7 Å². The average molecular weight is 540 g/mol. The molecule has 40 heavy (non-hydrogen) atoms. The van der Waals surface area contributed by atoms with E-state index in [2.05, 4.69) is 60.4 Å². The van der Waals surface area contributed by atoms with Crippen LogP contribution >= 0.6 is 0 Å². The van der Waals surface area contributed by atoms with Crippen molar-refractivity contribution < 1.29 is 29.9 Å². The number of aliphatic hydroxyl groups is 4. The Morgan fingerprint density at radius 3 is 1.65 bits per heavy atom. The summed E-state index contributed by atoms with van der Waals surface area (Å²) in [5.74, 6) is 0.851. The molecular weight excluding hydrogens is 506 g/mol. The van der Waals surface area contributed by atoms with Crippen LogP contribution in [0.15, 0.2) is 109 Å². The van der Waals surface area contributed by atoms with E-state index in [9.17, 15) is 10.2 Å². The molecule has 0 radical (unpaired) electrons. The van der Waals surface area contributed by atoms with Crippen LogP contribution in [0.5, 0.6) is 11.5 Å². The first-order valence-corrected chi connectivity index (χ1v) is 12.9. The maximum absolute atomic E-state index is 9.57. The van der Waals surface area contributed by atoms with Gasteiger partial charge in [-0.2, -0.15) is 0 Å². The molecule has 0 spiro atoms. The quantitative estimate of drug-likeness (QED) is 0.117. The first kappa shape index (κ1) is 28.3. The lowest BCUT2D eigenvalue weighted by Crippen LogP contribution is -2.21. The van der Waals surface area contributed by atoms with Crippen molar-refractivity contribution >= 4 is 29.2 Å². The van der Waals surface area contributed by atoms with Gasteiger partial charge in [0, 0.05) is 17.1 Å². The second kappa shape index (κ2) is 13.9. The van der Waals surface area contributed by atoms with Gasteiger partial charge in [-0.3, -0.25) is 0 Å². The molecular formula is C33H33NO6. The van der Waals surface area contributed by atoms with Crippen molar-refractivity contribution in [3.8, 4) is 11.5 Å². The molecule has 4 aromatic rings. The van der Waals surface area contributed by atoms with Gasteiger partial charge in [0.15, 0.2) is 5.76 Å². The highest BCUT2D eigenvalue weighted by Gasteiger charge is 2.13. The summed E-state index contributed by atoms with van der Waals surface area (Å²) in [6, 6.07) is 31.4. The zero-order valence-corrected chi connectivity index (χ0v) is 22.2. The first-order chi connectivity index (χ1) is 19.4. The number of aliphatic hydroxyl groups excluding tert-OH is 4. The molecule has 1 atom stereocenters. The number of aryl methyl sites for hydroxylation is 1. The Morgan fingerprint density at radius 2 is 1.18 bits per heavy atom. The molecule has 206 valence electrons. The van der Waals surface area contributed by atoms with Gasteiger partial charge in [-0.1, -0.05) is 54.1 Å². The highest BCUT2D eigenvalue weighted by atomic mass is 16.5. The van der Waals surface area contributed by atoms with Crippen LogP contribution in [0.25, 0.3) is 12.2 Å². The third-order valence-corrected chi connectivity index (χ3v) is 6.08. The van der Waals surface area contributed by atoms with E-state index in [1.54, 1.807) is 12.1 Å². The summed E-state index contributed by atoms with van der Waals surface area (Å²) in [6.07, 6.45) is 3.83. The monoisotopic (exact) mass is 539 g/mol. The van der Waals surface area contributed by atoms with Gasteiger partial charge in [0.25, 0.3) is 0 Å². The molecule has 0 saturated heterocycles. The number of hydrogen-bond acceptors (Lipinski definition) is 7. The van der Waals surface area contributed by atoms with E-state index >= 15 is 0 Å². The van der Waals surface area contributed by atoms with E-state index in [-0.39, 0.29) is 25.6 Å². The molecule has 0 amide bonds. The van der Waals surface area contributed by atoms with Gasteiger partial charge < -0.3 is 34.8 Å². The van der Waals surface area contributed by atoms with E-state index in [4.69, 9.17) is 19.7 Å². The van der Waals surface area contributed by atoms with Gasteiger partial charge >= 0.3 is 0 Å². The fourth-order valence-electron chi connectivity index (χ4n) is 3.87. The maximum atomic E-state index is 9.57. The van der Waals surface area contributed by atoms with Crippen molar-refractivity contribution in [3.63, 3.8) is 0 Å². The van der Waals surface area contributed by atoms with E-state index in [0.717, 1.165) is 28.2 Å². The molecule has 0 fully saturated rings. The van der Waals surface area contributed by atoms with Crippen LogP contribution in [0.4, 0.5) is 17.1 Å². The standard InChI is InChI=1S/C33H33NO6/c1-24-2-4-25(5-3-24)6-7-26-8-10-27(11-9-26)34(28-12-16-32(17-13-28)39-22-30(37)20-35)29-14-18-33(19-15-29)40-23-31(38)21-36/h2-20,31,35-38H,21-23H2,1H3/b7-6?,30-20+. The summed E-state index contributed by atoms with van der Waals surface area (Å²) in [5, 5.41) is 36.9. The minimum Gasteiger partial charge on any atom is -0.512 e. The molecule has 7 heteroatoms. The minimum atomic E-state index is -0.940. The number of hydrogen-bond donors (Lipinski definition) is 4. The van der Waals surface area contributed by atoms with Gasteiger partial charge in [0.1, 0.15) is 37.1 Å². The molecule has 0 bridgehead atoms. The van der Waals surface area contributed by atoms with Gasteiger partial charge in [0.05, 0.1) is 6.61 Å². The van der Waals surface area contributed by atoms with Crippen molar-refractivity contribution in [1.29, 1.82) is 0 Å². The molecule has 4 rings (SSSR count). The number of anilines is 3. The normalized spacial score (nSPS) is 12.3. The molecule has 0 heterocycles. The Balaban J connectivity index is 1.59. The lowest BCUT2D eigenvalue weighted by Gasteiger charge is -2.26. The van der Waals surface area contributed by atoms with Crippen LogP contribution in [0.2, 0.25) is 0 Å². The summed E-state index contributed by atoms with van der Waals surface area (Å²) < 4.78 is 11.1. The number of nitrogens with zero attached hydrogens (tertiary/aromatic N) is 1. The average Bonchev–Trinajstić information content (AvgIpc) is 3.00. The Kier molecular flexibility index (Phi) is 9.83. The van der Waals surface area contributed by atoms with Crippen LogP contribution in [-0.4, -0.2) is 46.4 Å². The summed E-state index contributed by atoms with van der Waals surface area (Å²) in [5.41, 5.74) is 6.12. The van der Waals surface area contributed by atoms with E-state index in [0.29, 0.717) is 17.8 Å². The van der Waals surface area contributed by atoms with Gasteiger partial charge in [-0.15, -0.1) is 0 Å². The van der Waals surface area contributed by atoms with Crippen LogP contribution in [-0.2, 0) is 0 Å². The third kappa shape index (κ3) is 7.89. The SMILES string of the molecule is Cc1ccc(C=Cc2ccc(N(c3ccc(OC/C(O)=C\O)cc3)c3ccc(OCC(O)CO)cc3)cc2)cc1. The van der Waals surface area contributed by atoms with Crippen molar-refractivity contribution in [3.05, 3.63) is 126 Å². The maximum Gasteiger partial charge on any atom is 0.164 e. The van der Waals surface area contributed by atoms with Gasteiger partial charge in [-0.05, 0) is 78.7 Å². The minimum absolute atomic E-state index is 0.000381. The lowest BCUT2D eigenvalue weighted by atomic mass is 10.1. The Bertz CT molecular complexity index is 1400. The molecule has 0 aromatic heterocycles. The fraction of sp³-hybridized carbons (Fsp3) is 0.152. The topological polar surface area (TPSA) is 103 Å². The van der Waals surface area contributed by atoms with Gasteiger partial charge in [0.2, 0.25) is 0 Å². The summed E-state index contributed by atoms with van der Waals surface area (Å²) in [7, 11) is 0. The van der Waals surface area contributed by atoms with E-state index in [1.165, 1.54) is 5.56 Å². The molecule has 4 aromatic carbocycles. The molecule has 7 nitrogen and oxygen atoms in total. The Morgan fingerprint density at radius 1 is 0.725 bits per heavy atom. The van der Waals surface area contributed by atoms with Crippen molar-refractivity contribution in [2.45, 2.75) is 13.0 Å². The van der Waals surface area contributed by atoms with Gasteiger partial charge in [-0.25, -0.2) is 0 Å². The van der Waals surface area contributed by atoms with Crippen molar-refractivity contribution in [2.75, 3.05) is 24.7 Å². The van der Waals surface area contributed by atoms with Crippen LogP contribution in [0.3, 0.4) is 0 Å². The summed E-state index contributed by atoms with van der Waals surface area (Å²) in [4.78, 5) is 2.08. The fourth-order valence-corrected chi connectivity index (χ4v) is 3.87. The van der Waals surface area contributed by atoms with Crippen molar-refractivity contribution in [2.24, 2.45) is 0 Å². The van der Waals surface area contributed by atoms with Crippen LogP contribution < -0.4 is 14.4 Å². The predicted molar refractivity (Wildman–Crippen MR) is 159 cm³/mol. The number of ether oxygens (including phenoxy) is 2.